The van der Waals surface area contributed by atoms with Crippen molar-refractivity contribution in [1.29, 1.82) is 0 Å². The van der Waals surface area contributed by atoms with Crippen molar-refractivity contribution < 1.29 is 24.4 Å². The van der Waals surface area contributed by atoms with Gasteiger partial charge in [0, 0.05) is 18.9 Å². The fourth-order valence-electron chi connectivity index (χ4n) is 5.16. The molecule has 0 aromatic heterocycles. The van der Waals surface area contributed by atoms with Crippen LogP contribution >= 0.6 is 0 Å². The zero-order valence-corrected chi connectivity index (χ0v) is 14.2. The van der Waals surface area contributed by atoms with E-state index in [-0.39, 0.29) is 30.1 Å². The molecule has 0 aromatic carbocycles. The largest absolute Gasteiger partial charge is 0.355 e. The molecule has 5 heteroatoms. The zero-order valence-electron chi connectivity index (χ0n) is 14.2. The number of hydrogen-bond acceptors (Lipinski definition) is 5. The normalized spacial score (nSPS) is 52.5. The third-order valence-electron chi connectivity index (χ3n) is 6.34. The maximum atomic E-state index is 9.98. The Balaban J connectivity index is 2.02. The first-order chi connectivity index (χ1) is 10.5. The standard InChI is InChI=1S/C17H30O5/c1-10-8-9-14-12(3)15(19-4)21-16-17(14,22-18)13(10)7-5-6-11(2)20-16/h10-16,18H,5-9H2,1-4H3/t10-,11+,12-,13?,14+,15+,16+,17-/m1/s1. The molecule has 3 fully saturated rings. The van der Waals surface area contributed by atoms with Gasteiger partial charge in [0.1, 0.15) is 0 Å². The van der Waals surface area contributed by atoms with E-state index in [4.69, 9.17) is 19.1 Å². The van der Waals surface area contributed by atoms with Crippen LogP contribution in [0.1, 0.15) is 52.9 Å². The minimum atomic E-state index is -0.763. The maximum Gasteiger partial charge on any atom is 0.193 e. The summed E-state index contributed by atoms with van der Waals surface area (Å²) in [5.41, 5.74) is -0.763. The molecule has 1 N–H and O–H groups in total. The third-order valence-corrected chi connectivity index (χ3v) is 6.34. The average molecular weight is 314 g/mol. The van der Waals surface area contributed by atoms with Crippen LogP contribution in [0.15, 0.2) is 0 Å². The van der Waals surface area contributed by atoms with Gasteiger partial charge in [-0.3, -0.25) is 5.26 Å². The smallest absolute Gasteiger partial charge is 0.193 e. The van der Waals surface area contributed by atoms with E-state index in [0.717, 1.165) is 32.1 Å². The van der Waals surface area contributed by atoms with Crippen LogP contribution in [0.25, 0.3) is 0 Å². The Kier molecular flexibility index (Phi) is 4.82. The van der Waals surface area contributed by atoms with Crippen LogP contribution in [0.3, 0.4) is 0 Å². The lowest BCUT2D eigenvalue weighted by Crippen LogP contribution is -2.68. The predicted octanol–water partition coefficient (Wildman–Crippen LogP) is 3.43. The molecule has 3 aliphatic rings. The van der Waals surface area contributed by atoms with Crippen LogP contribution in [-0.2, 0) is 19.1 Å². The second-order valence-electron chi connectivity index (χ2n) is 7.52. The topological polar surface area (TPSA) is 57.2 Å². The second-order valence-corrected chi connectivity index (χ2v) is 7.52. The number of methoxy groups -OCH3 is 1. The summed E-state index contributed by atoms with van der Waals surface area (Å²) in [5.74, 6) is 1.11. The number of rotatable bonds is 2. The van der Waals surface area contributed by atoms with Crippen LogP contribution in [0.2, 0.25) is 0 Å². The van der Waals surface area contributed by atoms with Gasteiger partial charge in [0.25, 0.3) is 0 Å². The SMILES string of the molecule is CO[C@H]1O[C@@H]2O[C@@H](C)CCCC3[C@H](C)CC[C@@H]([C@H]1C)[C@]32OO. The molecule has 5 nitrogen and oxygen atoms in total. The van der Waals surface area contributed by atoms with Crippen LogP contribution in [-0.4, -0.2) is 36.7 Å². The van der Waals surface area contributed by atoms with E-state index in [9.17, 15) is 5.26 Å². The van der Waals surface area contributed by atoms with Gasteiger partial charge >= 0.3 is 0 Å². The molecule has 1 unspecified atom stereocenters. The van der Waals surface area contributed by atoms with Gasteiger partial charge in [0.05, 0.1) is 6.10 Å². The first kappa shape index (κ1) is 16.7. The van der Waals surface area contributed by atoms with Crippen molar-refractivity contribution in [2.24, 2.45) is 23.7 Å². The summed E-state index contributed by atoms with van der Waals surface area (Å²) >= 11 is 0. The Morgan fingerprint density at radius 3 is 2.45 bits per heavy atom. The summed E-state index contributed by atoms with van der Waals surface area (Å²) in [5, 5.41) is 9.98. The maximum absolute atomic E-state index is 9.98. The van der Waals surface area contributed by atoms with E-state index in [1.807, 2.05) is 0 Å². The van der Waals surface area contributed by atoms with Crippen molar-refractivity contribution in [3.63, 3.8) is 0 Å². The van der Waals surface area contributed by atoms with E-state index in [0.29, 0.717) is 5.92 Å². The minimum absolute atomic E-state index is 0.0989. The molecule has 8 atom stereocenters. The highest BCUT2D eigenvalue weighted by atomic mass is 17.1. The van der Waals surface area contributed by atoms with Crippen LogP contribution < -0.4 is 0 Å². The minimum Gasteiger partial charge on any atom is -0.355 e. The molecule has 2 heterocycles. The van der Waals surface area contributed by atoms with Gasteiger partial charge in [-0.05, 0) is 44.4 Å². The van der Waals surface area contributed by atoms with Gasteiger partial charge in [-0.2, -0.15) is 0 Å². The quantitative estimate of drug-likeness (QED) is 0.625. The molecule has 2 saturated heterocycles. The molecule has 0 radical (unpaired) electrons. The summed E-state index contributed by atoms with van der Waals surface area (Å²) < 4.78 is 17.8. The first-order valence-electron chi connectivity index (χ1n) is 8.70. The lowest BCUT2D eigenvalue weighted by molar-refractivity contribution is -0.465. The fourth-order valence-corrected chi connectivity index (χ4v) is 5.16. The van der Waals surface area contributed by atoms with Crippen LogP contribution in [0.5, 0.6) is 0 Å². The highest BCUT2D eigenvalue weighted by Crippen LogP contribution is 2.56. The van der Waals surface area contributed by atoms with E-state index < -0.39 is 11.9 Å². The Morgan fingerprint density at radius 2 is 1.77 bits per heavy atom. The molecule has 1 aliphatic carbocycles. The summed E-state index contributed by atoms with van der Waals surface area (Å²) in [6, 6.07) is 0. The van der Waals surface area contributed by atoms with E-state index in [2.05, 4.69) is 20.8 Å². The van der Waals surface area contributed by atoms with Gasteiger partial charge in [-0.1, -0.05) is 20.3 Å². The lowest BCUT2D eigenvalue weighted by Gasteiger charge is -2.59. The van der Waals surface area contributed by atoms with Crippen molar-refractivity contribution in [3.8, 4) is 0 Å². The van der Waals surface area contributed by atoms with Crippen molar-refractivity contribution >= 4 is 0 Å². The molecule has 0 amide bonds. The molecule has 2 aliphatic heterocycles. The van der Waals surface area contributed by atoms with Gasteiger partial charge in [0.2, 0.25) is 0 Å². The van der Waals surface area contributed by atoms with E-state index >= 15 is 0 Å². The third kappa shape index (κ3) is 2.42. The van der Waals surface area contributed by atoms with Crippen LogP contribution in [0.4, 0.5) is 0 Å². The van der Waals surface area contributed by atoms with Crippen LogP contribution in [0, 0.1) is 23.7 Å². The average Bonchev–Trinajstić information content (AvgIpc) is 2.50. The van der Waals surface area contributed by atoms with Crippen molar-refractivity contribution in [1.82, 2.24) is 0 Å². The monoisotopic (exact) mass is 314 g/mol. The zero-order chi connectivity index (χ0) is 15.9. The Bertz CT molecular complexity index is 389. The Morgan fingerprint density at radius 1 is 1.00 bits per heavy atom. The summed E-state index contributed by atoms with van der Waals surface area (Å²) in [7, 11) is 1.67. The molecule has 128 valence electrons. The predicted molar refractivity (Wildman–Crippen MR) is 81.1 cm³/mol. The molecule has 22 heavy (non-hydrogen) atoms. The molecule has 1 saturated carbocycles. The molecule has 0 spiro atoms. The first-order valence-corrected chi connectivity index (χ1v) is 8.70. The van der Waals surface area contributed by atoms with E-state index in [1.54, 1.807) is 7.11 Å². The molecule has 3 rings (SSSR count). The molecule has 0 aromatic rings. The van der Waals surface area contributed by atoms with Gasteiger partial charge < -0.3 is 14.2 Å². The van der Waals surface area contributed by atoms with Gasteiger partial charge in [0.15, 0.2) is 18.2 Å². The highest BCUT2D eigenvalue weighted by Gasteiger charge is 2.64. The number of ether oxygens (including phenoxy) is 3. The lowest BCUT2D eigenvalue weighted by atomic mass is 9.57. The summed E-state index contributed by atoms with van der Waals surface area (Å²) in [6.07, 6.45) is 4.56. The number of hydrogen-bond donors (Lipinski definition) is 1. The van der Waals surface area contributed by atoms with Gasteiger partial charge in [-0.15, -0.1) is 0 Å². The molecular formula is C17H30O5. The Labute approximate surface area is 133 Å². The van der Waals surface area contributed by atoms with Crippen molar-refractivity contribution in [3.05, 3.63) is 0 Å². The second kappa shape index (κ2) is 6.36. The summed E-state index contributed by atoms with van der Waals surface area (Å²) in [6.45, 7) is 6.46. The van der Waals surface area contributed by atoms with Crippen molar-refractivity contribution in [2.75, 3.05) is 7.11 Å². The summed E-state index contributed by atoms with van der Waals surface area (Å²) in [4.78, 5) is 5.26. The Hall–Kier alpha value is -0.200. The highest BCUT2D eigenvalue weighted by molar-refractivity contribution is 5.06. The fraction of sp³-hybridized carbons (Fsp3) is 1.00. The molecule has 0 bridgehead atoms. The van der Waals surface area contributed by atoms with Gasteiger partial charge in [-0.25, -0.2) is 4.89 Å². The van der Waals surface area contributed by atoms with E-state index in [1.165, 1.54) is 0 Å². The molecular weight excluding hydrogens is 284 g/mol. The van der Waals surface area contributed by atoms with Crippen molar-refractivity contribution in [2.45, 2.75) is 77.2 Å².